The van der Waals surface area contributed by atoms with Crippen LogP contribution in [-0.2, 0) is 20.7 Å². The lowest BCUT2D eigenvalue weighted by Crippen LogP contribution is -2.45. The van der Waals surface area contributed by atoms with E-state index in [1.807, 2.05) is 0 Å². The second kappa shape index (κ2) is 15.3. The number of piperidine rings is 1. The zero-order valence-electron chi connectivity index (χ0n) is 25.9. The van der Waals surface area contributed by atoms with E-state index >= 15 is 0 Å². The summed E-state index contributed by atoms with van der Waals surface area (Å²) in [5.74, 6) is -0.711. The van der Waals surface area contributed by atoms with Gasteiger partial charge in [-0.25, -0.2) is 9.89 Å². The van der Waals surface area contributed by atoms with E-state index < -0.39 is 17.5 Å². The SMILES string of the molecule is CNC(=O)N1CCCC(C[C@H](NC(=O)/C=C/c2cc(Cl)ccc2-n2cnnn2)c2cc(-c3ccc(CC(=O)OC)cc3)c(=O)[nH]n2)C1. The van der Waals surface area contributed by atoms with Gasteiger partial charge < -0.3 is 20.3 Å². The van der Waals surface area contributed by atoms with Crippen molar-refractivity contribution < 1.29 is 19.1 Å². The van der Waals surface area contributed by atoms with E-state index in [1.54, 1.807) is 66.6 Å². The number of H-pyrrole nitrogens is 1. The monoisotopic (exact) mass is 659 g/mol. The van der Waals surface area contributed by atoms with Gasteiger partial charge in [-0.2, -0.15) is 9.78 Å². The molecule has 3 N–H and O–H groups in total. The van der Waals surface area contributed by atoms with Gasteiger partial charge in [-0.15, -0.1) is 5.10 Å². The summed E-state index contributed by atoms with van der Waals surface area (Å²) in [6.07, 6.45) is 6.69. The first kappa shape index (κ1) is 33.0. The molecule has 3 amide bonds. The number of carbonyl (C=O) groups excluding carboxylic acids is 3. The molecule has 1 fully saturated rings. The van der Waals surface area contributed by atoms with Crippen LogP contribution >= 0.6 is 11.6 Å². The van der Waals surface area contributed by atoms with Crippen LogP contribution in [0.4, 0.5) is 4.79 Å². The molecule has 47 heavy (non-hydrogen) atoms. The lowest BCUT2D eigenvalue weighted by atomic mass is 9.89. The number of halogens is 1. The molecule has 1 aliphatic heterocycles. The number of nitrogens with zero attached hydrogens (tertiary/aromatic N) is 6. The number of likely N-dealkylation sites (tertiary alicyclic amines) is 1. The van der Waals surface area contributed by atoms with Crippen LogP contribution < -0.4 is 16.2 Å². The molecule has 1 unspecified atom stereocenters. The molecule has 0 spiro atoms. The smallest absolute Gasteiger partial charge is 0.317 e. The summed E-state index contributed by atoms with van der Waals surface area (Å²) < 4.78 is 6.20. The van der Waals surface area contributed by atoms with Gasteiger partial charge in [0.2, 0.25) is 5.91 Å². The maximum atomic E-state index is 13.4. The van der Waals surface area contributed by atoms with Gasteiger partial charge in [0.15, 0.2) is 0 Å². The van der Waals surface area contributed by atoms with E-state index in [9.17, 15) is 19.2 Å². The molecule has 0 radical (unpaired) electrons. The maximum Gasteiger partial charge on any atom is 0.317 e. The highest BCUT2D eigenvalue weighted by Gasteiger charge is 2.28. The molecule has 244 valence electrons. The average Bonchev–Trinajstić information content (AvgIpc) is 3.62. The van der Waals surface area contributed by atoms with Crippen molar-refractivity contribution >= 4 is 35.6 Å². The molecule has 2 aromatic carbocycles. The molecule has 2 atom stereocenters. The summed E-state index contributed by atoms with van der Waals surface area (Å²) in [4.78, 5) is 52.2. The Bertz CT molecular complexity index is 1810. The summed E-state index contributed by atoms with van der Waals surface area (Å²) in [5, 5.41) is 24.4. The largest absolute Gasteiger partial charge is 0.469 e. The fourth-order valence-electron chi connectivity index (χ4n) is 5.57. The van der Waals surface area contributed by atoms with E-state index in [0.29, 0.717) is 52.6 Å². The van der Waals surface area contributed by atoms with Gasteiger partial charge in [0.1, 0.15) is 6.33 Å². The van der Waals surface area contributed by atoms with Crippen molar-refractivity contribution in [2.24, 2.45) is 5.92 Å². The number of benzene rings is 2. The minimum Gasteiger partial charge on any atom is -0.469 e. The Morgan fingerprint density at radius 3 is 2.70 bits per heavy atom. The van der Waals surface area contributed by atoms with Crippen LogP contribution in [0.2, 0.25) is 5.02 Å². The first-order chi connectivity index (χ1) is 22.7. The van der Waals surface area contributed by atoms with Gasteiger partial charge in [-0.3, -0.25) is 14.4 Å². The van der Waals surface area contributed by atoms with Crippen molar-refractivity contribution in [1.82, 2.24) is 45.9 Å². The number of amides is 3. The molecule has 2 aromatic heterocycles. The quantitative estimate of drug-likeness (QED) is 0.170. The minimum atomic E-state index is -0.602. The van der Waals surface area contributed by atoms with Crippen LogP contribution in [0.5, 0.6) is 0 Å². The van der Waals surface area contributed by atoms with E-state index in [0.717, 1.165) is 18.4 Å². The third-order valence-corrected chi connectivity index (χ3v) is 8.16. The first-order valence-electron chi connectivity index (χ1n) is 15.0. The average molecular weight is 660 g/mol. The number of esters is 1. The van der Waals surface area contributed by atoms with Crippen molar-refractivity contribution in [3.8, 4) is 16.8 Å². The first-order valence-corrected chi connectivity index (χ1v) is 15.4. The number of aromatic amines is 1. The highest BCUT2D eigenvalue weighted by atomic mass is 35.5. The summed E-state index contributed by atoms with van der Waals surface area (Å²) in [6.45, 7) is 1.16. The lowest BCUT2D eigenvalue weighted by Gasteiger charge is -2.34. The standard InChI is InChI=1S/C32H34ClN9O5/c1-34-32(46)41-13-3-4-21(18-41)14-26(36-29(43)12-9-23-16-24(33)10-11-28(23)42-19-35-39-40-42)27-17-25(31(45)38-37-27)22-7-5-20(6-8-22)15-30(44)47-2/h5-12,16-17,19,21,26H,3-4,13-15,18H2,1-2H3,(H,34,46)(H,36,43)(H,38,45)/b12-9+/t21?,26-/m0/s1. The van der Waals surface area contributed by atoms with Crippen LogP contribution in [0, 0.1) is 5.92 Å². The highest BCUT2D eigenvalue weighted by molar-refractivity contribution is 6.30. The molecule has 0 saturated carbocycles. The Morgan fingerprint density at radius 1 is 1.17 bits per heavy atom. The third-order valence-electron chi connectivity index (χ3n) is 7.93. The fourth-order valence-corrected chi connectivity index (χ4v) is 5.75. The molecular formula is C32H34ClN9O5. The number of methoxy groups -OCH3 is 1. The number of nitrogens with one attached hydrogen (secondary N) is 3. The van der Waals surface area contributed by atoms with E-state index in [-0.39, 0.29) is 24.3 Å². The molecule has 3 heterocycles. The predicted molar refractivity (Wildman–Crippen MR) is 173 cm³/mol. The zero-order valence-corrected chi connectivity index (χ0v) is 26.6. The molecular weight excluding hydrogens is 626 g/mol. The zero-order chi connectivity index (χ0) is 33.3. The number of hydrogen-bond donors (Lipinski definition) is 3. The van der Waals surface area contributed by atoms with E-state index in [2.05, 4.69) is 36.4 Å². The minimum absolute atomic E-state index is 0.0597. The Morgan fingerprint density at radius 2 is 1.98 bits per heavy atom. The summed E-state index contributed by atoms with van der Waals surface area (Å²) in [7, 11) is 2.92. The van der Waals surface area contributed by atoms with Crippen LogP contribution in [0.25, 0.3) is 22.9 Å². The predicted octanol–water partition coefficient (Wildman–Crippen LogP) is 3.09. The summed E-state index contributed by atoms with van der Waals surface area (Å²) in [6, 6.07) is 13.1. The fraction of sp³-hybridized carbons (Fsp3) is 0.312. The molecule has 14 nitrogen and oxygen atoms in total. The van der Waals surface area contributed by atoms with Crippen LogP contribution in [0.15, 0.2) is 65.7 Å². The number of rotatable bonds is 10. The molecule has 15 heteroatoms. The molecule has 0 aliphatic carbocycles. The molecule has 1 saturated heterocycles. The molecule has 4 aromatic rings. The normalized spacial score (nSPS) is 15.3. The van der Waals surface area contributed by atoms with Crippen molar-refractivity contribution in [3.05, 3.63) is 93.1 Å². The number of carbonyl (C=O) groups is 3. The van der Waals surface area contributed by atoms with E-state index in [1.165, 1.54) is 24.2 Å². The van der Waals surface area contributed by atoms with Gasteiger partial charge in [-0.1, -0.05) is 35.9 Å². The summed E-state index contributed by atoms with van der Waals surface area (Å²) in [5.41, 5.74) is 3.01. The lowest BCUT2D eigenvalue weighted by molar-refractivity contribution is -0.139. The molecule has 1 aliphatic rings. The third kappa shape index (κ3) is 8.47. The van der Waals surface area contributed by atoms with E-state index in [4.69, 9.17) is 16.3 Å². The highest BCUT2D eigenvalue weighted by Crippen LogP contribution is 2.29. The number of aromatic nitrogens is 6. The maximum absolute atomic E-state index is 13.4. The topological polar surface area (TPSA) is 177 Å². The summed E-state index contributed by atoms with van der Waals surface area (Å²) >= 11 is 6.24. The second-order valence-corrected chi connectivity index (χ2v) is 11.5. The van der Waals surface area contributed by atoms with Gasteiger partial charge in [-0.05, 0) is 77.1 Å². The van der Waals surface area contributed by atoms with Gasteiger partial charge in [0, 0.05) is 36.8 Å². The Kier molecular flexibility index (Phi) is 10.7. The molecule has 5 rings (SSSR count). The Labute approximate surface area is 275 Å². The Hall–Kier alpha value is -5.37. The van der Waals surface area contributed by atoms with Crippen molar-refractivity contribution in [3.63, 3.8) is 0 Å². The van der Waals surface area contributed by atoms with Crippen LogP contribution in [-0.4, -0.2) is 80.5 Å². The van der Waals surface area contributed by atoms with Crippen LogP contribution in [0.3, 0.4) is 0 Å². The second-order valence-electron chi connectivity index (χ2n) is 11.1. The number of tetrazole rings is 1. The van der Waals surface area contributed by atoms with Gasteiger partial charge >= 0.3 is 12.0 Å². The molecule has 0 bridgehead atoms. The van der Waals surface area contributed by atoms with Crippen molar-refractivity contribution in [2.75, 3.05) is 27.2 Å². The van der Waals surface area contributed by atoms with Gasteiger partial charge in [0.05, 0.1) is 36.5 Å². The van der Waals surface area contributed by atoms with Gasteiger partial charge in [0.25, 0.3) is 5.56 Å². The van der Waals surface area contributed by atoms with Crippen LogP contribution in [0.1, 0.15) is 42.1 Å². The Balaban J connectivity index is 1.42. The van der Waals surface area contributed by atoms with Crippen molar-refractivity contribution in [2.45, 2.75) is 31.7 Å². The van der Waals surface area contributed by atoms with Crippen molar-refractivity contribution in [1.29, 1.82) is 0 Å². The number of hydrogen-bond acceptors (Lipinski definition) is 9. The number of urea groups is 1. The number of ether oxygens (including phenoxy) is 1.